The number of hydrogen-bond donors (Lipinski definition) is 4. The summed E-state index contributed by atoms with van der Waals surface area (Å²) >= 11 is 0. The van der Waals surface area contributed by atoms with Gasteiger partial charge in [0.15, 0.2) is 0 Å². The van der Waals surface area contributed by atoms with Crippen LogP contribution in [-0.2, 0) is 48.3 Å². The molecule has 1 aliphatic rings. The molecule has 0 spiro atoms. The van der Waals surface area contributed by atoms with E-state index in [9.17, 15) is 36.9 Å². The molecule has 1 saturated heterocycles. The first-order valence-electron chi connectivity index (χ1n) is 16.8. The molecule has 1 unspecified atom stereocenters. The van der Waals surface area contributed by atoms with Crippen LogP contribution in [0.25, 0.3) is 0 Å². The van der Waals surface area contributed by atoms with Gasteiger partial charge in [-0.05, 0) is 68.7 Å². The van der Waals surface area contributed by atoms with Crippen LogP contribution in [0, 0.1) is 0 Å². The number of nitrogens with zero attached hydrogens (tertiary/aromatic N) is 3. The first-order valence-corrected chi connectivity index (χ1v) is 18.5. The van der Waals surface area contributed by atoms with E-state index >= 15 is 0 Å². The molecule has 0 aromatic heterocycles. The summed E-state index contributed by atoms with van der Waals surface area (Å²) in [6, 6.07) is -2.58. The molecule has 0 radical (unpaired) electrons. The maximum atomic E-state index is 13.7. The van der Waals surface area contributed by atoms with Gasteiger partial charge in [0.2, 0.25) is 11.8 Å². The van der Waals surface area contributed by atoms with Crippen molar-refractivity contribution in [2.45, 2.75) is 104 Å². The van der Waals surface area contributed by atoms with Gasteiger partial charge >= 0.3 is 17.9 Å². The molecule has 1 heterocycles. The van der Waals surface area contributed by atoms with Crippen LogP contribution in [0.5, 0.6) is 0 Å². The predicted octanol–water partition coefficient (Wildman–Crippen LogP) is -0.473. The van der Waals surface area contributed by atoms with E-state index in [0.29, 0.717) is 26.2 Å². The van der Waals surface area contributed by atoms with Gasteiger partial charge in [-0.3, -0.25) is 43.2 Å². The van der Waals surface area contributed by atoms with Crippen molar-refractivity contribution in [3.8, 4) is 0 Å². The molecule has 5 N–H and O–H groups in total. The Balaban J connectivity index is 3.34. The van der Waals surface area contributed by atoms with Crippen LogP contribution >= 0.6 is 0 Å². The second-order valence-electron chi connectivity index (χ2n) is 15.3. The number of nitrogens with one attached hydrogen (secondary N) is 2. The molecule has 1 rings (SSSR count). The molecule has 0 aromatic carbocycles. The van der Waals surface area contributed by atoms with Crippen molar-refractivity contribution in [2.24, 2.45) is 5.73 Å². The number of ether oxygens (including phenoxy) is 3. The molecule has 50 heavy (non-hydrogen) atoms. The van der Waals surface area contributed by atoms with Gasteiger partial charge in [0.1, 0.15) is 34.6 Å². The third-order valence-electron chi connectivity index (χ3n) is 6.92. The van der Waals surface area contributed by atoms with Crippen molar-refractivity contribution in [2.75, 3.05) is 71.2 Å². The van der Waals surface area contributed by atoms with Gasteiger partial charge < -0.3 is 30.6 Å². The molecule has 18 heteroatoms. The van der Waals surface area contributed by atoms with E-state index in [1.165, 1.54) is 0 Å². The largest absolute Gasteiger partial charge is 0.459 e. The van der Waals surface area contributed by atoms with E-state index in [2.05, 4.69) is 10.6 Å². The van der Waals surface area contributed by atoms with E-state index in [4.69, 9.17) is 19.9 Å². The molecular weight excluding hydrogens is 676 g/mol. The van der Waals surface area contributed by atoms with Crippen LogP contribution in [0.15, 0.2) is 0 Å². The Morgan fingerprint density at radius 2 is 1.20 bits per heavy atom. The zero-order valence-corrected chi connectivity index (χ0v) is 32.0. The fraction of sp³-hybridized carbons (Fsp3) is 0.844. The summed E-state index contributed by atoms with van der Waals surface area (Å²) in [7, 11) is -4.64. The Morgan fingerprint density at radius 1 is 0.760 bits per heavy atom. The molecule has 0 bridgehead atoms. The maximum absolute atomic E-state index is 13.7. The van der Waals surface area contributed by atoms with E-state index in [-0.39, 0.29) is 52.1 Å². The summed E-state index contributed by atoms with van der Waals surface area (Å²) in [5.74, 6) is -4.12. The van der Waals surface area contributed by atoms with Crippen molar-refractivity contribution < 1.29 is 51.2 Å². The zero-order chi connectivity index (χ0) is 38.5. The van der Waals surface area contributed by atoms with Gasteiger partial charge in [-0.2, -0.15) is 8.42 Å². The highest BCUT2D eigenvalue weighted by Crippen LogP contribution is 2.17. The number of nitrogens with two attached hydrogens (primary N) is 1. The van der Waals surface area contributed by atoms with Crippen LogP contribution in [0.1, 0.15) is 75.2 Å². The Bertz CT molecular complexity index is 1220. The molecule has 1 fully saturated rings. The van der Waals surface area contributed by atoms with Crippen molar-refractivity contribution in [3.05, 3.63) is 0 Å². The number of carbonyl (C=O) groups is 5. The smallest absolute Gasteiger partial charge is 0.323 e. The van der Waals surface area contributed by atoms with Gasteiger partial charge in [0.25, 0.3) is 10.1 Å². The molecule has 2 atom stereocenters. The van der Waals surface area contributed by atoms with E-state index in [0.717, 1.165) is 0 Å². The minimum absolute atomic E-state index is 0.0161. The van der Waals surface area contributed by atoms with Crippen LogP contribution in [-0.4, -0.2) is 157 Å². The molecule has 0 aliphatic carbocycles. The van der Waals surface area contributed by atoms with Gasteiger partial charge in [-0.15, -0.1) is 0 Å². The number of esters is 3. The monoisotopic (exact) mass is 736 g/mol. The molecular formula is C32H60N6O11S. The van der Waals surface area contributed by atoms with E-state index in [1.807, 2.05) is 14.7 Å². The Labute approximate surface area is 297 Å². The van der Waals surface area contributed by atoms with E-state index < -0.39 is 74.5 Å². The first kappa shape index (κ1) is 45.1. The van der Waals surface area contributed by atoms with Gasteiger partial charge in [0.05, 0.1) is 13.1 Å². The highest BCUT2D eigenvalue weighted by molar-refractivity contribution is 7.85. The average molecular weight is 737 g/mol. The predicted molar refractivity (Wildman–Crippen MR) is 185 cm³/mol. The lowest BCUT2D eigenvalue weighted by Gasteiger charge is -2.34. The van der Waals surface area contributed by atoms with Crippen LogP contribution in [0.4, 0.5) is 0 Å². The Kier molecular flexibility index (Phi) is 17.7. The standard InChI is InChI=1S/C32H60N6O11S/c1-30(2,3)47-26(40)20-36-14-15-37(21-27(41)48-31(4,5)6)17-19-38(18-16-36)24(29(43)49-32(7,8)9)10-11-25(39)35-23(22-50(44,45)46)28(42)34-13-12-33/h23-24H,10-22,33H2,1-9H3,(H,34,42)(H,35,39)(H,44,45,46)/t23?,24-/m1/s1. The second-order valence-corrected chi connectivity index (χ2v) is 16.8. The van der Waals surface area contributed by atoms with Crippen LogP contribution in [0.3, 0.4) is 0 Å². The fourth-order valence-corrected chi connectivity index (χ4v) is 5.62. The maximum Gasteiger partial charge on any atom is 0.323 e. The van der Waals surface area contributed by atoms with Crippen molar-refractivity contribution in [1.82, 2.24) is 25.3 Å². The topological polar surface area (TPSA) is 227 Å². The molecule has 1 aliphatic heterocycles. The summed E-state index contributed by atoms with van der Waals surface area (Å²) in [4.78, 5) is 70.4. The quantitative estimate of drug-likeness (QED) is 0.0947. The lowest BCUT2D eigenvalue weighted by molar-refractivity contribution is -0.163. The normalized spacial score (nSPS) is 17.3. The van der Waals surface area contributed by atoms with Gasteiger partial charge in [-0.1, -0.05) is 0 Å². The number of carbonyl (C=O) groups excluding carboxylic acids is 5. The molecule has 0 aromatic rings. The molecule has 2 amide bonds. The summed E-state index contributed by atoms with van der Waals surface area (Å²) in [6.45, 7) is 17.8. The summed E-state index contributed by atoms with van der Waals surface area (Å²) < 4.78 is 49.3. The molecule has 17 nitrogen and oxygen atoms in total. The summed E-state index contributed by atoms with van der Waals surface area (Å²) in [5.41, 5.74) is 3.14. The van der Waals surface area contributed by atoms with Gasteiger partial charge in [-0.25, -0.2) is 0 Å². The average Bonchev–Trinajstić information content (AvgIpc) is 2.99. The minimum atomic E-state index is -4.64. The summed E-state index contributed by atoms with van der Waals surface area (Å²) in [6.07, 6.45) is -0.391. The number of hydrogen-bond acceptors (Lipinski definition) is 14. The Morgan fingerprint density at radius 3 is 1.60 bits per heavy atom. The third kappa shape index (κ3) is 20.7. The zero-order valence-electron chi connectivity index (χ0n) is 31.2. The highest BCUT2D eigenvalue weighted by atomic mass is 32.2. The molecule has 0 saturated carbocycles. The highest BCUT2D eigenvalue weighted by Gasteiger charge is 2.34. The minimum Gasteiger partial charge on any atom is -0.459 e. The van der Waals surface area contributed by atoms with Crippen LogP contribution < -0.4 is 16.4 Å². The van der Waals surface area contributed by atoms with Crippen molar-refractivity contribution >= 4 is 39.8 Å². The number of rotatable bonds is 15. The fourth-order valence-electron chi connectivity index (χ4n) is 4.96. The Hall–Kier alpha value is -2.90. The van der Waals surface area contributed by atoms with Crippen LogP contribution in [0.2, 0.25) is 0 Å². The summed E-state index contributed by atoms with van der Waals surface area (Å²) in [5, 5.41) is 4.72. The van der Waals surface area contributed by atoms with Crippen molar-refractivity contribution in [1.29, 1.82) is 0 Å². The van der Waals surface area contributed by atoms with E-state index in [1.54, 1.807) is 62.3 Å². The second kappa shape index (κ2) is 19.6. The lowest BCUT2D eigenvalue weighted by atomic mass is 10.1. The van der Waals surface area contributed by atoms with Gasteiger partial charge in [0, 0.05) is 58.8 Å². The first-order chi connectivity index (χ1) is 22.8. The third-order valence-corrected chi connectivity index (χ3v) is 7.68. The SMILES string of the molecule is CC(C)(C)OC(=O)CN1CCN(CC(=O)OC(C)(C)C)CCN([C@H](CCC(=O)NC(CS(=O)(=O)O)C(=O)NCCN)C(=O)OC(C)(C)C)CC1. The lowest BCUT2D eigenvalue weighted by Crippen LogP contribution is -2.52. The number of amides is 2. The molecule has 290 valence electrons. The van der Waals surface area contributed by atoms with Crippen molar-refractivity contribution in [3.63, 3.8) is 0 Å².